The summed E-state index contributed by atoms with van der Waals surface area (Å²) < 4.78 is 28.8. The van der Waals surface area contributed by atoms with Gasteiger partial charge >= 0.3 is 0 Å². The molecule has 2 aromatic heterocycles. The first-order valence-corrected chi connectivity index (χ1v) is 19.9. The van der Waals surface area contributed by atoms with Gasteiger partial charge in [0, 0.05) is 78.6 Å². The number of hydrogen-bond donors (Lipinski definition) is 0. The monoisotopic (exact) mass is 756 g/mol. The van der Waals surface area contributed by atoms with Gasteiger partial charge in [-0.2, -0.15) is 0 Å². The van der Waals surface area contributed by atoms with Crippen LogP contribution in [0.25, 0.3) is 22.5 Å². The van der Waals surface area contributed by atoms with Crippen LogP contribution in [-0.4, -0.2) is 69.5 Å². The quantitative estimate of drug-likeness (QED) is 0.0978. The highest BCUT2D eigenvalue weighted by atomic mass is 16.5. The number of likely N-dealkylation sites (tertiary alicyclic amines) is 1. The minimum absolute atomic E-state index is 0.332. The Morgan fingerprint density at radius 3 is 1.96 bits per heavy atom. The van der Waals surface area contributed by atoms with Crippen LogP contribution >= 0.6 is 0 Å². The second-order valence-corrected chi connectivity index (χ2v) is 15.1. The summed E-state index contributed by atoms with van der Waals surface area (Å²) in [5.74, 6) is 4.83. The summed E-state index contributed by atoms with van der Waals surface area (Å²) in [4.78, 5) is 14.7. The molecule has 1 saturated carbocycles. The molecule has 2 aliphatic rings. The van der Waals surface area contributed by atoms with Crippen molar-refractivity contribution in [1.82, 2.24) is 14.9 Å². The molecule has 9 nitrogen and oxygen atoms in total. The molecule has 1 aliphatic carbocycles. The molecule has 1 aliphatic heterocycles. The first kappa shape index (κ1) is 39.0. The SMILES string of the molecule is CCC(C)c1cc(-c2cc(CN3CCC(N(Cc4ccnc(-c5cc(OC)c(OC)c(C6CC6)c5)c4)c4cccc(OC)c4)CC3)ccn2)cc(OC)c1OC. The Kier molecular flexibility index (Phi) is 12.3. The summed E-state index contributed by atoms with van der Waals surface area (Å²) in [6.07, 6.45) is 9.30. The molecule has 0 N–H and O–H groups in total. The third-order valence-corrected chi connectivity index (χ3v) is 11.6. The van der Waals surface area contributed by atoms with Crippen molar-refractivity contribution in [2.45, 2.75) is 76.9 Å². The topological polar surface area (TPSA) is 78.4 Å². The molecule has 1 unspecified atom stereocenters. The van der Waals surface area contributed by atoms with Gasteiger partial charge in [-0.15, -0.1) is 0 Å². The van der Waals surface area contributed by atoms with Gasteiger partial charge in [0.2, 0.25) is 0 Å². The van der Waals surface area contributed by atoms with Crippen molar-refractivity contribution in [3.63, 3.8) is 0 Å². The molecule has 3 heterocycles. The molecule has 0 bridgehead atoms. The fraction of sp³-hybridized carbons (Fsp3) is 0.404. The van der Waals surface area contributed by atoms with Crippen LogP contribution in [0.3, 0.4) is 0 Å². The molecule has 2 fully saturated rings. The zero-order valence-electron chi connectivity index (χ0n) is 34.0. The Balaban J connectivity index is 1.09. The molecule has 0 spiro atoms. The molecule has 1 saturated heterocycles. The smallest absolute Gasteiger partial charge is 0.164 e. The lowest BCUT2D eigenvalue weighted by molar-refractivity contribution is 0.201. The maximum Gasteiger partial charge on any atom is 0.164 e. The third kappa shape index (κ3) is 8.58. The molecule has 3 aromatic carbocycles. The molecule has 0 amide bonds. The van der Waals surface area contributed by atoms with Crippen LogP contribution in [0.5, 0.6) is 28.7 Å². The molecular formula is C47H56N4O5. The van der Waals surface area contributed by atoms with Crippen molar-refractivity contribution >= 4 is 5.69 Å². The first-order chi connectivity index (χ1) is 27.4. The molecule has 5 aromatic rings. The van der Waals surface area contributed by atoms with E-state index in [0.29, 0.717) is 17.9 Å². The van der Waals surface area contributed by atoms with Crippen LogP contribution in [0.4, 0.5) is 5.69 Å². The Hall–Kier alpha value is -5.28. The number of aromatic nitrogens is 2. The van der Waals surface area contributed by atoms with Crippen LogP contribution < -0.4 is 28.6 Å². The number of methoxy groups -OCH3 is 5. The minimum Gasteiger partial charge on any atom is -0.497 e. The van der Waals surface area contributed by atoms with Crippen LogP contribution in [0.2, 0.25) is 0 Å². The van der Waals surface area contributed by atoms with E-state index < -0.39 is 0 Å². The van der Waals surface area contributed by atoms with Gasteiger partial charge in [-0.3, -0.25) is 14.9 Å². The highest BCUT2D eigenvalue weighted by molar-refractivity contribution is 5.69. The normalized spacial score (nSPS) is 15.3. The van der Waals surface area contributed by atoms with Gasteiger partial charge in [-0.25, -0.2) is 0 Å². The van der Waals surface area contributed by atoms with Gasteiger partial charge in [0.25, 0.3) is 0 Å². The van der Waals surface area contributed by atoms with E-state index >= 15 is 0 Å². The third-order valence-electron chi connectivity index (χ3n) is 11.6. The van der Waals surface area contributed by atoms with Crippen molar-refractivity contribution in [1.29, 1.82) is 0 Å². The number of anilines is 1. The number of hydrogen-bond acceptors (Lipinski definition) is 9. The van der Waals surface area contributed by atoms with Gasteiger partial charge in [0.15, 0.2) is 23.0 Å². The van der Waals surface area contributed by atoms with E-state index in [-0.39, 0.29) is 0 Å². The maximum atomic E-state index is 5.79. The van der Waals surface area contributed by atoms with E-state index in [1.807, 2.05) is 24.5 Å². The van der Waals surface area contributed by atoms with Crippen molar-refractivity contribution in [3.8, 4) is 51.3 Å². The fourth-order valence-corrected chi connectivity index (χ4v) is 8.09. The van der Waals surface area contributed by atoms with Gasteiger partial charge in [-0.1, -0.05) is 19.9 Å². The molecule has 1 atom stereocenters. The van der Waals surface area contributed by atoms with E-state index in [9.17, 15) is 0 Å². The molecule has 56 heavy (non-hydrogen) atoms. The molecule has 7 rings (SSSR count). The molecule has 0 radical (unpaired) electrons. The number of ether oxygens (including phenoxy) is 5. The van der Waals surface area contributed by atoms with Crippen molar-refractivity contribution in [2.75, 3.05) is 53.5 Å². The maximum absolute atomic E-state index is 5.79. The van der Waals surface area contributed by atoms with Crippen LogP contribution in [0.1, 0.15) is 80.0 Å². The average molecular weight is 757 g/mol. The number of pyridine rings is 2. The zero-order valence-corrected chi connectivity index (χ0v) is 34.0. The lowest BCUT2D eigenvalue weighted by Gasteiger charge is -2.40. The summed E-state index contributed by atoms with van der Waals surface area (Å²) in [7, 11) is 8.57. The predicted octanol–water partition coefficient (Wildman–Crippen LogP) is 9.92. The Labute approximate surface area is 332 Å². The molecule has 9 heteroatoms. The average Bonchev–Trinajstić information content (AvgIpc) is 4.11. The largest absolute Gasteiger partial charge is 0.497 e. The molecule has 294 valence electrons. The van der Waals surface area contributed by atoms with Crippen LogP contribution in [-0.2, 0) is 13.1 Å². The standard InChI is InChI=1S/C47H56N4O5/c1-8-31(2)40-24-35(26-44(53-4)46(40)55-6)42-22-32(14-18-48-42)29-50-20-16-37(17-21-50)51(38-10-9-11-39(28-38)52-3)30-33-15-19-49-43(23-33)36-25-41(34-12-13-34)47(56-7)45(27-36)54-5/h9-11,14-15,18-19,22-28,31,34,37H,8,12-13,16-17,20-21,29-30H2,1-7H3. The fourth-order valence-electron chi connectivity index (χ4n) is 8.09. The number of piperidine rings is 1. The van der Waals surface area contributed by atoms with Crippen molar-refractivity contribution < 1.29 is 23.7 Å². The lowest BCUT2D eigenvalue weighted by Crippen LogP contribution is -2.44. The zero-order chi connectivity index (χ0) is 39.2. The van der Waals surface area contributed by atoms with Crippen molar-refractivity contribution in [2.24, 2.45) is 0 Å². The van der Waals surface area contributed by atoms with Crippen LogP contribution in [0.15, 0.2) is 85.2 Å². The number of nitrogens with zero attached hydrogens (tertiary/aromatic N) is 4. The summed E-state index contributed by atoms with van der Waals surface area (Å²) in [6.45, 7) is 8.04. The predicted molar refractivity (Wildman–Crippen MR) is 224 cm³/mol. The Bertz CT molecular complexity index is 2110. The number of benzene rings is 3. The second-order valence-electron chi connectivity index (χ2n) is 15.1. The van der Waals surface area contributed by atoms with Gasteiger partial charge in [-0.05, 0) is 116 Å². The van der Waals surface area contributed by atoms with E-state index in [1.54, 1.807) is 35.5 Å². The summed E-state index contributed by atoms with van der Waals surface area (Å²) >= 11 is 0. The number of rotatable bonds is 16. The van der Waals surface area contributed by atoms with Crippen LogP contribution in [0, 0.1) is 0 Å². The molecular weight excluding hydrogens is 701 g/mol. The van der Waals surface area contributed by atoms with E-state index in [2.05, 4.69) is 84.3 Å². The van der Waals surface area contributed by atoms with Crippen molar-refractivity contribution in [3.05, 3.63) is 107 Å². The Morgan fingerprint density at radius 2 is 1.34 bits per heavy atom. The van der Waals surface area contributed by atoms with E-state index in [4.69, 9.17) is 33.7 Å². The van der Waals surface area contributed by atoms with Gasteiger partial charge in [0.1, 0.15) is 5.75 Å². The minimum atomic E-state index is 0.332. The lowest BCUT2D eigenvalue weighted by atomic mass is 9.94. The summed E-state index contributed by atoms with van der Waals surface area (Å²) in [6, 6.07) is 26.1. The van der Waals surface area contributed by atoms with E-state index in [1.165, 1.54) is 29.5 Å². The highest BCUT2D eigenvalue weighted by Crippen LogP contribution is 2.49. The second kappa shape index (κ2) is 17.7. The van der Waals surface area contributed by atoms with Gasteiger partial charge < -0.3 is 28.6 Å². The van der Waals surface area contributed by atoms with Gasteiger partial charge in [0.05, 0.1) is 46.9 Å². The van der Waals surface area contributed by atoms with E-state index in [0.717, 1.165) is 108 Å². The highest BCUT2D eigenvalue weighted by Gasteiger charge is 2.30. The Morgan fingerprint density at radius 1 is 0.696 bits per heavy atom. The first-order valence-electron chi connectivity index (χ1n) is 19.9. The summed E-state index contributed by atoms with van der Waals surface area (Å²) in [5.41, 5.74) is 9.95. The summed E-state index contributed by atoms with van der Waals surface area (Å²) in [5, 5.41) is 0.